The van der Waals surface area contributed by atoms with E-state index in [2.05, 4.69) is 5.32 Å². The minimum Gasteiger partial charge on any atom is -0.467 e. The molecule has 0 saturated carbocycles. The number of esters is 1. The number of methoxy groups -OCH3 is 1. The average molecular weight is 365 g/mol. The molecule has 2 aromatic rings. The number of carbonyl (C=O) groups is 2. The molecule has 1 N–H and O–H groups in total. The summed E-state index contributed by atoms with van der Waals surface area (Å²) in [6.45, 7) is 0. The van der Waals surface area contributed by atoms with E-state index in [9.17, 15) is 22.8 Å². The van der Waals surface area contributed by atoms with E-state index in [4.69, 9.17) is 4.74 Å². The molecule has 0 saturated heterocycles. The molecule has 0 aromatic heterocycles. The number of amides is 1. The van der Waals surface area contributed by atoms with Crippen LogP contribution in [0.2, 0.25) is 0 Å². The summed E-state index contributed by atoms with van der Waals surface area (Å²) in [4.78, 5) is 24.1. The number of ether oxygens (including phenoxy) is 1. The van der Waals surface area contributed by atoms with Gasteiger partial charge in [0.15, 0.2) is 0 Å². The van der Waals surface area contributed by atoms with Gasteiger partial charge in [0.05, 0.1) is 12.7 Å². The number of benzene rings is 2. The second-order valence-corrected chi connectivity index (χ2v) is 5.65. The van der Waals surface area contributed by atoms with Crippen molar-refractivity contribution < 1.29 is 27.5 Å². The highest BCUT2D eigenvalue weighted by molar-refractivity contribution is 5.96. The number of nitrogens with one attached hydrogen (secondary N) is 1. The maximum Gasteiger partial charge on any atom is 0.416 e. The zero-order valence-electron chi connectivity index (χ0n) is 14.0. The van der Waals surface area contributed by atoms with Crippen LogP contribution in [0.4, 0.5) is 13.2 Å². The summed E-state index contributed by atoms with van der Waals surface area (Å²) in [5.41, 5.74) is 0.180. The van der Waals surface area contributed by atoms with Crippen molar-refractivity contribution in [3.8, 4) is 0 Å². The summed E-state index contributed by atoms with van der Waals surface area (Å²) in [5.74, 6) is -1.25. The van der Waals surface area contributed by atoms with Crippen LogP contribution in [-0.2, 0) is 22.1 Å². The Kier molecular flexibility index (Phi) is 6.38. The number of rotatable bonds is 6. The maximum absolute atomic E-state index is 12.6. The molecule has 0 aliphatic rings. The fourth-order valence-electron chi connectivity index (χ4n) is 2.40. The van der Waals surface area contributed by atoms with Crippen LogP contribution < -0.4 is 5.32 Å². The van der Waals surface area contributed by atoms with Crippen molar-refractivity contribution in [2.75, 3.05) is 7.11 Å². The molecular formula is C19H18F3NO3. The first kappa shape index (κ1) is 19.5. The third-order valence-corrected chi connectivity index (χ3v) is 3.83. The van der Waals surface area contributed by atoms with Gasteiger partial charge in [0, 0.05) is 5.56 Å². The van der Waals surface area contributed by atoms with E-state index >= 15 is 0 Å². The fraction of sp³-hybridized carbons (Fsp3) is 0.263. The second-order valence-electron chi connectivity index (χ2n) is 5.65. The first-order valence-corrected chi connectivity index (χ1v) is 7.91. The SMILES string of the molecule is COC(=O)[C@@H](CCc1ccccc1)NC(=O)c1ccc(C(F)(F)F)cc1. The number of hydrogen-bond acceptors (Lipinski definition) is 3. The van der Waals surface area contributed by atoms with Crippen molar-refractivity contribution in [1.82, 2.24) is 5.32 Å². The maximum atomic E-state index is 12.6. The molecule has 0 spiro atoms. The summed E-state index contributed by atoms with van der Waals surface area (Å²) in [6.07, 6.45) is -3.63. The normalized spacial score (nSPS) is 12.3. The molecule has 4 nitrogen and oxygen atoms in total. The molecule has 1 atom stereocenters. The van der Waals surface area contributed by atoms with Gasteiger partial charge >= 0.3 is 12.1 Å². The van der Waals surface area contributed by atoms with Gasteiger partial charge in [-0.15, -0.1) is 0 Å². The Balaban J connectivity index is 2.05. The van der Waals surface area contributed by atoms with Gasteiger partial charge in [-0.25, -0.2) is 4.79 Å². The first-order chi connectivity index (χ1) is 12.3. The molecule has 0 aliphatic carbocycles. The molecule has 0 heterocycles. The Morgan fingerprint density at radius 1 is 1.04 bits per heavy atom. The molecule has 0 unspecified atom stereocenters. The molecule has 0 fully saturated rings. The first-order valence-electron chi connectivity index (χ1n) is 7.91. The van der Waals surface area contributed by atoms with Crippen molar-refractivity contribution in [3.05, 3.63) is 71.3 Å². The van der Waals surface area contributed by atoms with Gasteiger partial charge in [-0.2, -0.15) is 13.2 Å². The minimum absolute atomic E-state index is 0.0339. The monoisotopic (exact) mass is 365 g/mol. The molecule has 0 aliphatic heterocycles. The number of hydrogen-bond donors (Lipinski definition) is 1. The minimum atomic E-state index is -4.47. The summed E-state index contributed by atoms with van der Waals surface area (Å²) in [6, 6.07) is 12.3. The van der Waals surface area contributed by atoms with E-state index in [1.54, 1.807) is 0 Å². The zero-order valence-corrected chi connectivity index (χ0v) is 14.0. The molecule has 2 aromatic carbocycles. The number of alkyl halides is 3. The van der Waals surface area contributed by atoms with Crippen molar-refractivity contribution in [2.24, 2.45) is 0 Å². The van der Waals surface area contributed by atoms with Crippen LogP contribution in [0.5, 0.6) is 0 Å². The van der Waals surface area contributed by atoms with E-state index in [1.165, 1.54) is 7.11 Å². The van der Waals surface area contributed by atoms with Crippen LogP contribution in [0.15, 0.2) is 54.6 Å². The molecule has 26 heavy (non-hydrogen) atoms. The Morgan fingerprint density at radius 2 is 1.65 bits per heavy atom. The fourth-order valence-corrected chi connectivity index (χ4v) is 2.40. The van der Waals surface area contributed by atoms with Crippen LogP contribution in [0.3, 0.4) is 0 Å². The van der Waals surface area contributed by atoms with Gasteiger partial charge in [0.25, 0.3) is 5.91 Å². The molecule has 138 valence electrons. The lowest BCUT2D eigenvalue weighted by atomic mass is 10.0. The number of halogens is 3. The topological polar surface area (TPSA) is 55.4 Å². The highest BCUT2D eigenvalue weighted by Crippen LogP contribution is 2.29. The van der Waals surface area contributed by atoms with E-state index in [0.29, 0.717) is 12.8 Å². The van der Waals surface area contributed by atoms with Crippen LogP contribution in [-0.4, -0.2) is 25.0 Å². The lowest BCUT2D eigenvalue weighted by molar-refractivity contribution is -0.143. The third-order valence-electron chi connectivity index (χ3n) is 3.83. The van der Waals surface area contributed by atoms with E-state index < -0.39 is 29.7 Å². The van der Waals surface area contributed by atoms with Crippen LogP contribution in [0, 0.1) is 0 Å². The van der Waals surface area contributed by atoms with Crippen molar-refractivity contribution in [1.29, 1.82) is 0 Å². The summed E-state index contributed by atoms with van der Waals surface area (Å²) >= 11 is 0. The molecule has 0 bridgehead atoms. The third kappa shape index (κ3) is 5.34. The summed E-state index contributed by atoms with van der Waals surface area (Å²) in [5, 5.41) is 2.52. The highest BCUT2D eigenvalue weighted by Gasteiger charge is 2.30. The van der Waals surface area contributed by atoms with Gasteiger partial charge < -0.3 is 10.1 Å². The van der Waals surface area contributed by atoms with E-state index in [-0.39, 0.29) is 5.56 Å². The Morgan fingerprint density at radius 3 is 2.19 bits per heavy atom. The van der Waals surface area contributed by atoms with Gasteiger partial charge in [-0.3, -0.25) is 4.79 Å². The van der Waals surface area contributed by atoms with Gasteiger partial charge in [-0.05, 0) is 42.7 Å². The van der Waals surface area contributed by atoms with Crippen molar-refractivity contribution in [2.45, 2.75) is 25.1 Å². The average Bonchev–Trinajstić information content (AvgIpc) is 2.64. The summed E-state index contributed by atoms with van der Waals surface area (Å²) < 4.78 is 42.4. The van der Waals surface area contributed by atoms with Crippen molar-refractivity contribution >= 4 is 11.9 Å². The number of carbonyl (C=O) groups excluding carboxylic acids is 2. The zero-order chi connectivity index (χ0) is 19.2. The quantitative estimate of drug-likeness (QED) is 0.796. The predicted molar refractivity (Wildman–Crippen MR) is 89.5 cm³/mol. The van der Waals surface area contributed by atoms with E-state index in [0.717, 1.165) is 29.8 Å². The predicted octanol–water partition coefficient (Wildman–Crippen LogP) is 3.61. The van der Waals surface area contributed by atoms with E-state index in [1.807, 2.05) is 30.3 Å². The largest absolute Gasteiger partial charge is 0.467 e. The molecule has 1 amide bonds. The van der Waals surface area contributed by atoms with Crippen LogP contribution >= 0.6 is 0 Å². The van der Waals surface area contributed by atoms with Crippen LogP contribution in [0.25, 0.3) is 0 Å². The summed E-state index contributed by atoms with van der Waals surface area (Å²) in [7, 11) is 1.21. The number of aryl methyl sites for hydroxylation is 1. The highest BCUT2D eigenvalue weighted by atomic mass is 19.4. The van der Waals surface area contributed by atoms with Crippen LogP contribution in [0.1, 0.15) is 27.9 Å². The Bertz CT molecular complexity index is 743. The Hall–Kier alpha value is -2.83. The standard InChI is InChI=1S/C19H18F3NO3/c1-26-18(25)16(12-7-13-5-3-2-4-6-13)23-17(24)14-8-10-15(11-9-14)19(20,21)22/h2-6,8-11,16H,7,12H2,1H3,(H,23,24)/t16-/m1/s1. The van der Waals surface area contributed by atoms with Crippen molar-refractivity contribution in [3.63, 3.8) is 0 Å². The van der Waals surface area contributed by atoms with Gasteiger partial charge in [-0.1, -0.05) is 30.3 Å². The molecular weight excluding hydrogens is 347 g/mol. The lowest BCUT2D eigenvalue weighted by Crippen LogP contribution is -2.41. The second kappa shape index (κ2) is 8.51. The molecule has 0 radical (unpaired) electrons. The molecule has 2 rings (SSSR count). The lowest BCUT2D eigenvalue weighted by Gasteiger charge is -2.17. The Labute approximate surface area is 149 Å². The van der Waals surface area contributed by atoms with Gasteiger partial charge in [0.1, 0.15) is 6.04 Å². The van der Waals surface area contributed by atoms with Gasteiger partial charge in [0.2, 0.25) is 0 Å². The smallest absolute Gasteiger partial charge is 0.416 e. The molecule has 7 heteroatoms.